The molecular weight excluding hydrogens is 290 g/mol. The average Bonchev–Trinajstić information content (AvgIpc) is 2.42. The van der Waals surface area contributed by atoms with Crippen LogP contribution in [0.3, 0.4) is 0 Å². The van der Waals surface area contributed by atoms with E-state index >= 15 is 0 Å². The van der Waals surface area contributed by atoms with E-state index in [2.05, 4.69) is 5.32 Å². The van der Waals surface area contributed by atoms with Gasteiger partial charge in [0.25, 0.3) is 5.91 Å². The number of aryl methyl sites for hydroxylation is 1. The molecule has 0 saturated heterocycles. The highest BCUT2D eigenvalue weighted by Crippen LogP contribution is 2.22. The fraction of sp³-hybridized carbons (Fsp3) is 0.125. The van der Waals surface area contributed by atoms with E-state index in [1.807, 2.05) is 0 Å². The van der Waals surface area contributed by atoms with E-state index < -0.39 is 5.97 Å². The second-order valence-electron chi connectivity index (χ2n) is 4.70. The fourth-order valence-corrected chi connectivity index (χ4v) is 2.22. The van der Waals surface area contributed by atoms with E-state index in [1.165, 1.54) is 6.07 Å². The fourth-order valence-electron chi connectivity index (χ4n) is 2.00. The van der Waals surface area contributed by atoms with Gasteiger partial charge in [0.2, 0.25) is 0 Å². The van der Waals surface area contributed by atoms with E-state index in [0.29, 0.717) is 21.8 Å². The van der Waals surface area contributed by atoms with Gasteiger partial charge in [-0.25, -0.2) is 4.79 Å². The molecule has 0 aromatic heterocycles. The Kier molecular flexibility index (Phi) is 4.29. The first-order chi connectivity index (χ1) is 9.90. The number of carbonyl (C=O) groups is 2. The molecule has 21 heavy (non-hydrogen) atoms. The van der Waals surface area contributed by atoms with Gasteiger partial charge in [0, 0.05) is 5.69 Å². The molecule has 0 aliphatic rings. The second kappa shape index (κ2) is 5.97. The molecule has 5 heteroatoms. The molecule has 4 nitrogen and oxygen atoms in total. The maximum Gasteiger partial charge on any atom is 0.336 e. The lowest BCUT2D eigenvalue weighted by atomic mass is 10.0. The van der Waals surface area contributed by atoms with Crippen LogP contribution in [0.4, 0.5) is 5.69 Å². The molecule has 0 fully saturated rings. The first-order valence-corrected chi connectivity index (χ1v) is 6.68. The Bertz CT molecular complexity index is 725. The Morgan fingerprint density at radius 2 is 1.76 bits per heavy atom. The minimum absolute atomic E-state index is 0.171. The third-order valence-electron chi connectivity index (χ3n) is 3.27. The van der Waals surface area contributed by atoms with Crippen molar-refractivity contribution in [2.45, 2.75) is 13.8 Å². The van der Waals surface area contributed by atoms with Crippen molar-refractivity contribution >= 4 is 29.2 Å². The zero-order valence-corrected chi connectivity index (χ0v) is 12.4. The highest BCUT2D eigenvalue weighted by Gasteiger charge is 2.14. The van der Waals surface area contributed by atoms with Gasteiger partial charge in [-0.1, -0.05) is 23.7 Å². The molecule has 0 spiro atoms. The van der Waals surface area contributed by atoms with Crippen LogP contribution in [0.5, 0.6) is 0 Å². The Morgan fingerprint density at radius 1 is 1.10 bits per heavy atom. The standard InChI is InChI=1S/C16H14ClNO3/c1-9-7-11(8-13(10(9)2)16(20)21)18-15(19)12-5-3-4-6-14(12)17/h3-8H,1-2H3,(H,18,19)(H,20,21). The average molecular weight is 304 g/mol. The predicted octanol–water partition coefficient (Wildman–Crippen LogP) is 3.91. The highest BCUT2D eigenvalue weighted by atomic mass is 35.5. The smallest absolute Gasteiger partial charge is 0.336 e. The molecular formula is C16H14ClNO3. The molecule has 0 heterocycles. The summed E-state index contributed by atoms with van der Waals surface area (Å²) >= 11 is 5.97. The van der Waals surface area contributed by atoms with Crippen LogP contribution in [0.15, 0.2) is 36.4 Å². The van der Waals surface area contributed by atoms with Crippen LogP contribution in [0.25, 0.3) is 0 Å². The second-order valence-corrected chi connectivity index (χ2v) is 5.11. The van der Waals surface area contributed by atoms with Crippen molar-refractivity contribution in [3.63, 3.8) is 0 Å². The van der Waals surface area contributed by atoms with Crippen LogP contribution in [-0.2, 0) is 0 Å². The molecule has 0 atom stereocenters. The quantitative estimate of drug-likeness (QED) is 0.903. The van der Waals surface area contributed by atoms with E-state index in [9.17, 15) is 14.7 Å². The van der Waals surface area contributed by atoms with Gasteiger partial charge in [0.1, 0.15) is 0 Å². The number of hydrogen-bond donors (Lipinski definition) is 2. The summed E-state index contributed by atoms with van der Waals surface area (Å²) in [6.07, 6.45) is 0. The largest absolute Gasteiger partial charge is 0.478 e. The number of carboxylic acid groups (broad SMARTS) is 1. The Labute approximate surface area is 127 Å². The normalized spacial score (nSPS) is 10.2. The molecule has 0 saturated carbocycles. The zero-order chi connectivity index (χ0) is 15.6. The number of hydrogen-bond acceptors (Lipinski definition) is 2. The van der Waals surface area contributed by atoms with Crippen molar-refractivity contribution in [1.29, 1.82) is 0 Å². The van der Waals surface area contributed by atoms with Gasteiger partial charge in [0.15, 0.2) is 0 Å². The summed E-state index contributed by atoms with van der Waals surface area (Å²) in [6, 6.07) is 9.85. The molecule has 2 N–H and O–H groups in total. The number of aromatic carboxylic acids is 1. The summed E-state index contributed by atoms with van der Waals surface area (Å²) in [5.41, 5.74) is 2.42. The summed E-state index contributed by atoms with van der Waals surface area (Å²) in [4.78, 5) is 23.4. The number of halogens is 1. The van der Waals surface area contributed by atoms with E-state index in [0.717, 1.165) is 5.56 Å². The number of nitrogens with one attached hydrogen (secondary N) is 1. The van der Waals surface area contributed by atoms with Crippen molar-refractivity contribution in [3.05, 3.63) is 63.7 Å². The van der Waals surface area contributed by atoms with Gasteiger partial charge in [-0.3, -0.25) is 4.79 Å². The number of anilines is 1. The molecule has 0 aliphatic carbocycles. The highest BCUT2D eigenvalue weighted by molar-refractivity contribution is 6.34. The zero-order valence-electron chi connectivity index (χ0n) is 11.6. The van der Waals surface area contributed by atoms with Gasteiger partial charge >= 0.3 is 5.97 Å². The third kappa shape index (κ3) is 3.23. The van der Waals surface area contributed by atoms with Gasteiger partial charge < -0.3 is 10.4 Å². The van der Waals surface area contributed by atoms with Crippen molar-refractivity contribution in [1.82, 2.24) is 0 Å². The number of benzene rings is 2. The van der Waals surface area contributed by atoms with Crippen molar-refractivity contribution < 1.29 is 14.7 Å². The molecule has 108 valence electrons. The Hall–Kier alpha value is -2.33. The van der Waals surface area contributed by atoms with E-state index in [-0.39, 0.29) is 11.5 Å². The number of amides is 1. The maximum absolute atomic E-state index is 12.2. The monoisotopic (exact) mass is 303 g/mol. The Balaban J connectivity index is 2.34. The van der Waals surface area contributed by atoms with Crippen molar-refractivity contribution in [2.24, 2.45) is 0 Å². The molecule has 0 radical (unpaired) electrons. The van der Waals surface area contributed by atoms with Gasteiger partial charge in [0.05, 0.1) is 16.1 Å². The van der Waals surface area contributed by atoms with E-state index in [4.69, 9.17) is 11.6 Å². The van der Waals surface area contributed by atoms with Gasteiger partial charge in [-0.05, 0) is 49.2 Å². The van der Waals surface area contributed by atoms with Crippen LogP contribution in [0.1, 0.15) is 31.8 Å². The van der Waals surface area contributed by atoms with Crippen molar-refractivity contribution in [2.75, 3.05) is 5.32 Å². The first-order valence-electron chi connectivity index (χ1n) is 6.30. The summed E-state index contributed by atoms with van der Waals surface area (Å²) in [6.45, 7) is 3.53. The minimum atomic E-state index is -1.02. The van der Waals surface area contributed by atoms with Gasteiger partial charge in [-0.2, -0.15) is 0 Å². The lowest BCUT2D eigenvalue weighted by Crippen LogP contribution is -2.13. The maximum atomic E-state index is 12.2. The van der Waals surface area contributed by atoms with E-state index in [1.54, 1.807) is 44.2 Å². The van der Waals surface area contributed by atoms with Gasteiger partial charge in [-0.15, -0.1) is 0 Å². The lowest BCUT2D eigenvalue weighted by Gasteiger charge is -2.11. The molecule has 2 aromatic carbocycles. The molecule has 2 aromatic rings. The predicted molar refractivity (Wildman–Crippen MR) is 82.3 cm³/mol. The minimum Gasteiger partial charge on any atom is -0.478 e. The van der Waals surface area contributed by atoms with Crippen LogP contribution >= 0.6 is 11.6 Å². The molecule has 0 unspecified atom stereocenters. The summed E-state index contributed by atoms with van der Waals surface area (Å²) < 4.78 is 0. The third-order valence-corrected chi connectivity index (χ3v) is 3.60. The molecule has 1 amide bonds. The molecule has 2 rings (SSSR count). The van der Waals surface area contributed by atoms with Crippen LogP contribution in [0, 0.1) is 13.8 Å². The number of carbonyl (C=O) groups excluding carboxylic acids is 1. The SMILES string of the molecule is Cc1cc(NC(=O)c2ccccc2Cl)cc(C(=O)O)c1C. The van der Waals surface area contributed by atoms with Crippen LogP contribution in [0.2, 0.25) is 5.02 Å². The number of carboxylic acids is 1. The first kappa shape index (κ1) is 15.1. The lowest BCUT2D eigenvalue weighted by molar-refractivity contribution is 0.0695. The summed E-state index contributed by atoms with van der Waals surface area (Å²) in [5.74, 6) is -1.40. The topological polar surface area (TPSA) is 66.4 Å². The number of rotatable bonds is 3. The molecule has 0 bridgehead atoms. The Morgan fingerprint density at radius 3 is 2.38 bits per heavy atom. The molecule has 0 aliphatic heterocycles. The van der Waals surface area contributed by atoms with Crippen LogP contribution < -0.4 is 5.32 Å². The summed E-state index contributed by atoms with van der Waals surface area (Å²) in [5, 5.41) is 12.2. The van der Waals surface area contributed by atoms with Crippen LogP contribution in [-0.4, -0.2) is 17.0 Å². The van der Waals surface area contributed by atoms with Crippen molar-refractivity contribution in [3.8, 4) is 0 Å². The summed E-state index contributed by atoms with van der Waals surface area (Å²) in [7, 11) is 0.